The minimum atomic E-state index is -0.499. The van der Waals surface area contributed by atoms with Crippen molar-refractivity contribution in [3.05, 3.63) is 33.9 Å². The smallest absolute Gasteiger partial charge is 0.270 e. The van der Waals surface area contributed by atoms with Crippen LogP contribution in [0.25, 0.3) is 0 Å². The lowest BCUT2D eigenvalue weighted by Crippen LogP contribution is -2.18. The summed E-state index contributed by atoms with van der Waals surface area (Å²) < 4.78 is 0. The first-order valence-electron chi connectivity index (χ1n) is 5.61. The van der Waals surface area contributed by atoms with E-state index in [4.69, 9.17) is 5.26 Å². The first kappa shape index (κ1) is 14.3. The van der Waals surface area contributed by atoms with Crippen molar-refractivity contribution >= 4 is 23.1 Å². The molecule has 0 aliphatic heterocycles. The molecule has 1 atom stereocenters. The Morgan fingerprint density at radius 1 is 1.61 bits per heavy atom. The molecule has 1 rings (SSSR count). The van der Waals surface area contributed by atoms with E-state index in [9.17, 15) is 10.1 Å². The second kappa shape index (κ2) is 6.87. The van der Waals surface area contributed by atoms with E-state index in [1.807, 2.05) is 13.0 Å². The number of nitro benzene ring substituents is 1. The summed E-state index contributed by atoms with van der Waals surface area (Å²) in [6, 6.07) is 6.48. The normalized spacial score (nSPS) is 11.6. The number of benzene rings is 1. The molecule has 0 heterocycles. The molecule has 0 aromatic heterocycles. The predicted molar refractivity (Wildman–Crippen MR) is 73.9 cm³/mol. The van der Waals surface area contributed by atoms with Crippen LogP contribution < -0.4 is 5.32 Å². The minimum absolute atomic E-state index is 0.0623. The topological polar surface area (TPSA) is 79.0 Å². The largest absolute Gasteiger partial charge is 0.381 e. The van der Waals surface area contributed by atoms with Gasteiger partial charge in [0.2, 0.25) is 0 Å². The summed E-state index contributed by atoms with van der Waals surface area (Å²) in [6.45, 7) is 4.11. The quantitative estimate of drug-likeness (QED) is 0.631. The van der Waals surface area contributed by atoms with Gasteiger partial charge in [0.1, 0.15) is 6.07 Å². The Bertz CT molecular complexity index is 471. The third kappa shape index (κ3) is 3.93. The van der Waals surface area contributed by atoms with Gasteiger partial charge in [-0.1, -0.05) is 6.92 Å². The Balaban J connectivity index is 2.83. The monoisotopic (exact) mass is 265 g/mol. The third-order valence-corrected chi connectivity index (χ3v) is 3.45. The van der Waals surface area contributed by atoms with E-state index in [1.54, 1.807) is 17.8 Å². The lowest BCUT2D eigenvalue weighted by atomic mass is 10.1. The maximum absolute atomic E-state index is 10.6. The fourth-order valence-corrected chi connectivity index (χ4v) is 2.14. The van der Waals surface area contributed by atoms with Crippen LogP contribution in [0.3, 0.4) is 0 Å². The van der Waals surface area contributed by atoms with Crippen LogP contribution in [0.15, 0.2) is 18.2 Å². The van der Waals surface area contributed by atoms with Gasteiger partial charge in [-0.15, -0.1) is 0 Å². The summed E-state index contributed by atoms with van der Waals surface area (Å²) in [4.78, 5) is 10.1. The molecule has 0 saturated heterocycles. The number of nitro groups is 1. The van der Waals surface area contributed by atoms with Crippen molar-refractivity contribution in [2.45, 2.75) is 19.9 Å². The summed E-state index contributed by atoms with van der Waals surface area (Å²) >= 11 is 1.80. The predicted octanol–water partition coefficient (Wildman–Crippen LogP) is 3.02. The van der Waals surface area contributed by atoms with E-state index in [1.165, 1.54) is 12.1 Å². The van der Waals surface area contributed by atoms with Crippen molar-refractivity contribution < 1.29 is 4.92 Å². The van der Waals surface area contributed by atoms with Gasteiger partial charge in [-0.3, -0.25) is 10.1 Å². The molecule has 5 nitrogen and oxygen atoms in total. The van der Waals surface area contributed by atoms with Gasteiger partial charge >= 0.3 is 0 Å². The van der Waals surface area contributed by atoms with E-state index < -0.39 is 4.92 Å². The molecule has 0 radical (unpaired) electrons. The molecular weight excluding hydrogens is 250 g/mol. The van der Waals surface area contributed by atoms with Crippen LogP contribution in [0.1, 0.15) is 19.4 Å². The molecular formula is C12H15N3O2S. The number of nitrogens with zero attached hydrogens (tertiary/aromatic N) is 2. The Kier molecular flexibility index (Phi) is 5.46. The summed E-state index contributed by atoms with van der Waals surface area (Å²) in [5.74, 6) is 1.97. The highest BCUT2D eigenvalue weighted by atomic mass is 32.2. The maximum Gasteiger partial charge on any atom is 0.270 e. The van der Waals surface area contributed by atoms with Crippen molar-refractivity contribution in [2.75, 3.05) is 16.8 Å². The standard InChI is InChI=1S/C12H15N3O2S/c1-3-18-8-9(2)14-12-5-4-11(15(16)17)6-10(12)7-13/h4-6,9,14H,3,8H2,1-2H3. The van der Waals surface area contributed by atoms with Gasteiger partial charge in [0.15, 0.2) is 0 Å². The van der Waals surface area contributed by atoms with Gasteiger partial charge in [-0.05, 0) is 18.7 Å². The van der Waals surface area contributed by atoms with Crippen molar-refractivity contribution in [3.8, 4) is 6.07 Å². The first-order chi connectivity index (χ1) is 8.58. The molecule has 1 aromatic carbocycles. The highest BCUT2D eigenvalue weighted by molar-refractivity contribution is 7.99. The minimum Gasteiger partial charge on any atom is -0.381 e. The SMILES string of the molecule is CCSCC(C)Nc1ccc([N+](=O)[O-])cc1C#N. The van der Waals surface area contributed by atoms with E-state index in [0.717, 1.165) is 11.5 Å². The third-order valence-electron chi connectivity index (χ3n) is 2.31. The maximum atomic E-state index is 10.6. The summed E-state index contributed by atoms with van der Waals surface area (Å²) in [7, 11) is 0. The summed E-state index contributed by atoms with van der Waals surface area (Å²) in [5, 5.41) is 22.8. The molecule has 0 aliphatic carbocycles. The number of nitriles is 1. The Morgan fingerprint density at radius 3 is 2.89 bits per heavy atom. The Labute approximate surface area is 110 Å². The van der Waals surface area contributed by atoms with Gasteiger partial charge in [0, 0.05) is 23.9 Å². The average Bonchev–Trinajstić information content (AvgIpc) is 2.36. The lowest BCUT2D eigenvalue weighted by molar-refractivity contribution is -0.384. The average molecular weight is 265 g/mol. The molecule has 6 heteroatoms. The van der Waals surface area contributed by atoms with E-state index in [2.05, 4.69) is 12.2 Å². The first-order valence-corrected chi connectivity index (χ1v) is 6.76. The highest BCUT2D eigenvalue weighted by Gasteiger charge is 2.12. The molecule has 0 fully saturated rings. The van der Waals surface area contributed by atoms with Crippen LogP contribution >= 0.6 is 11.8 Å². The molecule has 1 N–H and O–H groups in total. The summed E-state index contributed by atoms with van der Waals surface area (Å²) in [5.41, 5.74) is 0.887. The molecule has 1 unspecified atom stereocenters. The van der Waals surface area contributed by atoms with Crippen molar-refractivity contribution in [2.24, 2.45) is 0 Å². The molecule has 0 amide bonds. The van der Waals surface area contributed by atoms with Crippen LogP contribution in [-0.2, 0) is 0 Å². The molecule has 0 saturated carbocycles. The second-order valence-electron chi connectivity index (χ2n) is 3.80. The zero-order chi connectivity index (χ0) is 13.5. The zero-order valence-electron chi connectivity index (χ0n) is 10.3. The molecule has 1 aromatic rings. The van der Waals surface area contributed by atoms with Gasteiger partial charge in [-0.25, -0.2) is 0 Å². The van der Waals surface area contributed by atoms with Gasteiger partial charge < -0.3 is 5.32 Å². The van der Waals surface area contributed by atoms with E-state index in [0.29, 0.717) is 11.3 Å². The van der Waals surface area contributed by atoms with Crippen LogP contribution in [0.5, 0.6) is 0 Å². The van der Waals surface area contributed by atoms with Gasteiger partial charge in [0.25, 0.3) is 5.69 Å². The second-order valence-corrected chi connectivity index (χ2v) is 5.12. The fourth-order valence-electron chi connectivity index (χ4n) is 1.47. The van der Waals surface area contributed by atoms with Crippen LogP contribution in [-0.4, -0.2) is 22.5 Å². The molecule has 18 heavy (non-hydrogen) atoms. The Morgan fingerprint density at radius 2 is 2.33 bits per heavy atom. The molecule has 0 aliphatic rings. The fraction of sp³-hybridized carbons (Fsp3) is 0.417. The highest BCUT2D eigenvalue weighted by Crippen LogP contribution is 2.22. The van der Waals surface area contributed by atoms with Crippen LogP contribution in [0, 0.1) is 21.4 Å². The molecule has 0 spiro atoms. The lowest BCUT2D eigenvalue weighted by Gasteiger charge is -2.15. The van der Waals surface area contributed by atoms with Crippen molar-refractivity contribution in [3.63, 3.8) is 0 Å². The van der Waals surface area contributed by atoms with Gasteiger partial charge in [0.05, 0.1) is 16.2 Å². The number of hydrogen-bond donors (Lipinski definition) is 1. The molecule has 96 valence electrons. The van der Waals surface area contributed by atoms with Crippen LogP contribution in [0.2, 0.25) is 0 Å². The number of thioether (sulfide) groups is 1. The zero-order valence-corrected chi connectivity index (χ0v) is 11.2. The van der Waals surface area contributed by atoms with Crippen molar-refractivity contribution in [1.82, 2.24) is 0 Å². The van der Waals surface area contributed by atoms with E-state index >= 15 is 0 Å². The van der Waals surface area contributed by atoms with Crippen molar-refractivity contribution in [1.29, 1.82) is 5.26 Å². The number of anilines is 1. The number of rotatable bonds is 6. The molecule has 0 bridgehead atoms. The van der Waals surface area contributed by atoms with E-state index in [-0.39, 0.29) is 11.7 Å². The number of nitrogens with one attached hydrogen (secondary N) is 1. The van der Waals surface area contributed by atoms with Gasteiger partial charge in [-0.2, -0.15) is 17.0 Å². The number of non-ortho nitro benzene ring substituents is 1. The number of hydrogen-bond acceptors (Lipinski definition) is 5. The summed E-state index contributed by atoms with van der Waals surface area (Å²) in [6.07, 6.45) is 0. The Hall–Kier alpha value is -1.74. The van der Waals surface area contributed by atoms with Crippen LogP contribution in [0.4, 0.5) is 11.4 Å².